The van der Waals surface area contributed by atoms with Crippen molar-refractivity contribution >= 4 is 40.6 Å². The number of aromatic nitrogens is 1. The van der Waals surface area contributed by atoms with E-state index in [-0.39, 0.29) is 45.3 Å². The van der Waals surface area contributed by atoms with Gasteiger partial charge in [0.15, 0.2) is 0 Å². The number of hydrogen-bond donors (Lipinski definition) is 1. The molecule has 0 spiro atoms. The van der Waals surface area contributed by atoms with Crippen LogP contribution in [0.2, 0.25) is 0 Å². The third kappa shape index (κ3) is 3.26. The molecule has 4 aliphatic rings. The molecule has 3 fully saturated rings. The van der Waals surface area contributed by atoms with Crippen molar-refractivity contribution in [2.75, 3.05) is 4.90 Å². The van der Waals surface area contributed by atoms with Crippen molar-refractivity contribution in [1.82, 2.24) is 4.98 Å². The summed E-state index contributed by atoms with van der Waals surface area (Å²) in [5.74, 6) is -3.19. The second-order valence-corrected chi connectivity index (χ2v) is 12.3. The molecule has 1 N–H and O–H groups in total. The fourth-order valence-corrected chi connectivity index (χ4v) is 10.0. The van der Waals surface area contributed by atoms with E-state index in [2.05, 4.69) is 4.98 Å². The molecule has 190 valence electrons. The summed E-state index contributed by atoms with van der Waals surface area (Å²) < 4.78 is 53.7. The van der Waals surface area contributed by atoms with E-state index in [1.807, 2.05) is 0 Å². The number of carbonyl (C=O) groups excluding carboxylic acids is 2. The Hall–Kier alpha value is -2.92. The molecule has 2 bridgehead atoms. The van der Waals surface area contributed by atoms with Crippen LogP contribution in [0.15, 0.2) is 58.4 Å². The van der Waals surface area contributed by atoms with Gasteiger partial charge < -0.3 is 4.98 Å². The molecule has 0 radical (unpaired) electrons. The summed E-state index contributed by atoms with van der Waals surface area (Å²) in [6, 6.07) is 10.5. The lowest BCUT2D eigenvalue weighted by atomic mass is 9.68. The minimum atomic E-state index is -4.60. The van der Waals surface area contributed by atoms with Crippen molar-refractivity contribution in [3.05, 3.63) is 80.0 Å². The number of fused-ring (bicyclic) bond motifs is 9. The number of H-pyrrole nitrogens is 1. The summed E-state index contributed by atoms with van der Waals surface area (Å²) in [6.07, 6.45) is -3.94. The molecule has 3 aromatic rings. The molecule has 2 aromatic carbocycles. The predicted molar refractivity (Wildman–Crippen MR) is 129 cm³/mol. The molecule has 2 aliphatic carbocycles. The second kappa shape index (κ2) is 7.80. The number of thioether (sulfide) groups is 1. The van der Waals surface area contributed by atoms with Gasteiger partial charge in [-0.15, -0.1) is 11.8 Å². The molecule has 2 amide bonds. The van der Waals surface area contributed by atoms with Crippen molar-refractivity contribution in [3.8, 4) is 0 Å². The number of thiazole rings is 1. The van der Waals surface area contributed by atoms with Gasteiger partial charge in [-0.3, -0.25) is 19.3 Å². The number of hydrogen-bond acceptors (Lipinski definition) is 5. The largest absolute Gasteiger partial charge is 0.416 e. The predicted octanol–water partition coefficient (Wildman–Crippen LogP) is 5.27. The first-order chi connectivity index (χ1) is 17.6. The Morgan fingerprint density at radius 3 is 2.35 bits per heavy atom. The van der Waals surface area contributed by atoms with Crippen LogP contribution in [-0.2, 0) is 15.8 Å². The maximum absolute atomic E-state index is 13.7. The van der Waals surface area contributed by atoms with Crippen molar-refractivity contribution in [2.45, 2.75) is 28.8 Å². The Balaban J connectivity index is 1.30. The summed E-state index contributed by atoms with van der Waals surface area (Å²) in [5.41, 5.74) is -0.142. The number of halogens is 4. The molecule has 2 aliphatic heterocycles. The summed E-state index contributed by atoms with van der Waals surface area (Å²) in [4.78, 5) is 44.0. The number of carbonyl (C=O) groups is 2. The zero-order valence-electron chi connectivity index (χ0n) is 18.9. The van der Waals surface area contributed by atoms with Gasteiger partial charge in [-0.2, -0.15) is 13.2 Å². The molecule has 7 rings (SSSR count). The lowest BCUT2D eigenvalue weighted by Crippen LogP contribution is -2.42. The van der Waals surface area contributed by atoms with Gasteiger partial charge in [0.2, 0.25) is 11.8 Å². The van der Waals surface area contributed by atoms with E-state index >= 15 is 0 Å². The summed E-state index contributed by atoms with van der Waals surface area (Å²) in [5, 5.41) is 0.679. The summed E-state index contributed by atoms with van der Waals surface area (Å²) in [6.45, 7) is 0. The van der Waals surface area contributed by atoms with Crippen LogP contribution in [0.25, 0.3) is 0 Å². The number of amides is 2. The Kier molecular flexibility index (Phi) is 4.89. The normalized spacial score (nSPS) is 32.0. The molecule has 1 aromatic heterocycles. The van der Waals surface area contributed by atoms with E-state index in [9.17, 15) is 31.9 Å². The molecule has 3 heterocycles. The lowest BCUT2D eigenvalue weighted by molar-refractivity contribution is -0.137. The SMILES string of the molecule is O=C1[C@H]2[C@H]3C[C@@H]([C@@H]2C(=O)N1c1cccc(C(F)(F)F)c1)[C@H]1[C@H](c2ccc(F)cc2)c2sc(=O)[nH]c2S[C@H]31. The highest BCUT2D eigenvalue weighted by atomic mass is 32.2. The number of alkyl halides is 3. The molecular formula is C26H18F4N2O3S2. The summed E-state index contributed by atoms with van der Waals surface area (Å²) in [7, 11) is 0. The molecule has 1 saturated heterocycles. The van der Waals surface area contributed by atoms with Gasteiger partial charge in [0.05, 0.1) is 28.1 Å². The topological polar surface area (TPSA) is 70.2 Å². The van der Waals surface area contributed by atoms with E-state index in [0.717, 1.165) is 43.8 Å². The third-order valence-electron chi connectivity index (χ3n) is 8.38. The third-order valence-corrected chi connectivity index (χ3v) is 11.0. The van der Waals surface area contributed by atoms with Crippen LogP contribution in [0.3, 0.4) is 0 Å². The first-order valence-corrected chi connectivity index (χ1v) is 13.5. The van der Waals surface area contributed by atoms with Crippen LogP contribution in [0, 0.1) is 35.4 Å². The number of rotatable bonds is 2. The Morgan fingerprint density at radius 2 is 1.65 bits per heavy atom. The molecule has 0 unspecified atom stereocenters. The van der Waals surface area contributed by atoms with Crippen molar-refractivity contribution in [3.63, 3.8) is 0 Å². The van der Waals surface area contributed by atoms with Gasteiger partial charge >= 0.3 is 11.0 Å². The van der Waals surface area contributed by atoms with E-state index < -0.39 is 35.4 Å². The zero-order chi connectivity index (χ0) is 25.8. The zero-order valence-corrected chi connectivity index (χ0v) is 20.5. The highest BCUT2D eigenvalue weighted by Crippen LogP contribution is 2.68. The van der Waals surface area contributed by atoms with Crippen LogP contribution in [0.5, 0.6) is 0 Å². The van der Waals surface area contributed by atoms with Gasteiger partial charge in [0.25, 0.3) is 0 Å². The first kappa shape index (κ1) is 23.2. The fourth-order valence-electron chi connectivity index (χ4n) is 7.14. The van der Waals surface area contributed by atoms with E-state index in [0.29, 0.717) is 6.42 Å². The average Bonchev–Trinajstić information content (AvgIpc) is 3.58. The van der Waals surface area contributed by atoms with Crippen molar-refractivity contribution in [2.24, 2.45) is 29.6 Å². The number of aromatic amines is 1. The quantitative estimate of drug-likeness (QED) is 0.351. The van der Waals surface area contributed by atoms with Crippen LogP contribution in [-0.4, -0.2) is 22.0 Å². The highest BCUT2D eigenvalue weighted by Gasteiger charge is 2.69. The van der Waals surface area contributed by atoms with E-state index in [1.165, 1.54) is 36.0 Å². The Morgan fingerprint density at radius 1 is 0.946 bits per heavy atom. The van der Waals surface area contributed by atoms with Gasteiger partial charge in [-0.25, -0.2) is 4.39 Å². The van der Waals surface area contributed by atoms with Crippen LogP contribution < -0.4 is 9.77 Å². The van der Waals surface area contributed by atoms with Gasteiger partial charge in [0, 0.05) is 16.0 Å². The Labute approximate surface area is 215 Å². The number of anilines is 1. The lowest BCUT2D eigenvalue weighted by Gasteiger charge is -2.43. The average molecular weight is 547 g/mol. The molecule has 5 nitrogen and oxygen atoms in total. The molecule has 11 heteroatoms. The first-order valence-electron chi connectivity index (χ1n) is 11.8. The number of benzene rings is 2. The van der Waals surface area contributed by atoms with Gasteiger partial charge in [-0.1, -0.05) is 29.5 Å². The molecular weight excluding hydrogens is 528 g/mol. The van der Waals surface area contributed by atoms with Crippen LogP contribution >= 0.6 is 23.1 Å². The minimum absolute atomic E-state index is 0.0581. The molecule has 7 atom stereocenters. The monoisotopic (exact) mass is 546 g/mol. The van der Waals surface area contributed by atoms with E-state index in [4.69, 9.17) is 0 Å². The maximum Gasteiger partial charge on any atom is 0.416 e. The van der Waals surface area contributed by atoms with Gasteiger partial charge in [0.1, 0.15) is 5.82 Å². The smallest absolute Gasteiger partial charge is 0.307 e. The molecule has 2 saturated carbocycles. The Bertz CT molecular complexity index is 1510. The standard InChI is InChI=1S/C26H18F4N2O3S2/c27-12-6-4-10(5-7-12)16-17-14-9-15(20(17)36-22-21(16)37-25(35)31-22)19-18(14)23(33)32(24(19)34)13-3-1-2-11(8-13)26(28,29)30/h1-8,14-20H,9H2,(H,31,35)/t14-,15-,16+,17+,18+,19+,20-/m1/s1. The fraction of sp³-hybridized carbons (Fsp3) is 0.346. The maximum atomic E-state index is 13.7. The van der Waals surface area contributed by atoms with Crippen molar-refractivity contribution < 1.29 is 27.2 Å². The van der Waals surface area contributed by atoms with Gasteiger partial charge in [-0.05, 0) is 60.1 Å². The van der Waals surface area contributed by atoms with Crippen molar-refractivity contribution in [1.29, 1.82) is 0 Å². The molecule has 37 heavy (non-hydrogen) atoms. The highest BCUT2D eigenvalue weighted by molar-refractivity contribution is 8.00. The number of nitrogens with one attached hydrogen (secondary N) is 1. The van der Waals surface area contributed by atoms with Crippen LogP contribution in [0.4, 0.5) is 23.2 Å². The number of nitrogens with zero attached hydrogens (tertiary/aromatic N) is 1. The number of imide groups is 1. The summed E-state index contributed by atoms with van der Waals surface area (Å²) >= 11 is 2.63. The van der Waals surface area contributed by atoms with Crippen LogP contribution in [0.1, 0.15) is 28.3 Å². The minimum Gasteiger partial charge on any atom is -0.307 e. The van der Waals surface area contributed by atoms with E-state index in [1.54, 1.807) is 12.1 Å². The second-order valence-electron chi connectivity index (χ2n) is 10.1.